The third-order valence-electron chi connectivity index (χ3n) is 2.96. The van der Waals surface area contributed by atoms with Crippen LogP contribution in [0.15, 0.2) is 18.2 Å². The summed E-state index contributed by atoms with van der Waals surface area (Å²) in [5.41, 5.74) is 1.75. The predicted molar refractivity (Wildman–Crippen MR) is 73.4 cm³/mol. The third-order valence-corrected chi connectivity index (χ3v) is 2.96. The van der Waals surface area contributed by atoms with Crippen molar-refractivity contribution in [2.45, 2.75) is 26.1 Å². The van der Waals surface area contributed by atoms with Crippen molar-refractivity contribution in [2.24, 2.45) is 0 Å². The van der Waals surface area contributed by atoms with E-state index in [1.54, 1.807) is 6.92 Å². The average molecular weight is 264 g/mol. The van der Waals surface area contributed by atoms with Crippen LogP contribution in [0.4, 0.5) is 5.69 Å². The van der Waals surface area contributed by atoms with Crippen LogP contribution in [-0.2, 0) is 16.1 Å². The topological polar surface area (TPSA) is 59.6 Å². The average Bonchev–Trinajstić information content (AvgIpc) is 2.40. The number of rotatable bonds is 6. The lowest BCUT2D eigenvalue weighted by Gasteiger charge is -2.23. The van der Waals surface area contributed by atoms with E-state index in [-0.39, 0.29) is 5.91 Å². The number of anilines is 1. The van der Waals surface area contributed by atoms with Crippen molar-refractivity contribution in [1.29, 1.82) is 0 Å². The van der Waals surface area contributed by atoms with E-state index in [4.69, 9.17) is 9.47 Å². The minimum absolute atomic E-state index is 0.111. The molecular weight excluding hydrogens is 244 g/mol. The van der Waals surface area contributed by atoms with Gasteiger partial charge in [0.1, 0.15) is 5.75 Å². The molecule has 0 fully saturated rings. The molecule has 0 radical (unpaired) electrons. The number of carbonyl (C=O) groups is 1. The van der Waals surface area contributed by atoms with Crippen LogP contribution in [-0.4, -0.2) is 32.2 Å². The van der Waals surface area contributed by atoms with Gasteiger partial charge in [-0.2, -0.15) is 0 Å². The second-order valence-corrected chi connectivity index (χ2v) is 4.59. The first-order valence-corrected chi connectivity index (χ1v) is 6.53. The first kappa shape index (κ1) is 13.8. The summed E-state index contributed by atoms with van der Waals surface area (Å²) < 4.78 is 11.1. The fraction of sp³-hybridized carbons (Fsp3) is 0.500. The summed E-state index contributed by atoms with van der Waals surface area (Å²) in [4.78, 5) is 11.5. The van der Waals surface area contributed by atoms with Gasteiger partial charge in [-0.3, -0.25) is 4.79 Å². The number of benzene rings is 1. The van der Waals surface area contributed by atoms with Crippen LogP contribution in [0.25, 0.3) is 0 Å². The Morgan fingerprint density at radius 1 is 1.47 bits per heavy atom. The first-order chi connectivity index (χ1) is 9.20. The van der Waals surface area contributed by atoms with Gasteiger partial charge in [0, 0.05) is 6.61 Å². The highest BCUT2D eigenvalue weighted by molar-refractivity contribution is 5.97. The minimum Gasteiger partial charge on any atom is -0.479 e. The van der Waals surface area contributed by atoms with Gasteiger partial charge in [0.25, 0.3) is 5.91 Å². The molecule has 0 aliphatic carbocycles. The molecule has 1 heterocycles. The molecule has 19 heavy (non-hydrogen) atoms. The predicted octanol–water partition coefficient (Wildman–Crippen LogP) is 1.53. The fourth-order valence-electron chi connectivity index (χ4n) is 1.89. The maximum atomic E-state index is 11.5. The Morgan fingerprint density at radius 3 is 3.11 bits per heavy atom. The zero-order valence-corrected chi connectivity index (χ0v) is 11.4. The van der Waals surface area contributed by atoms with Gasteiger partial charge in [-0.05, 0) is 44.6 Å². The molecule has 1 atom stereocenters. The molecule has 1 aliphatic rings. The van der Waals surface area contributed by atoms with Crippen LogP contribution >= 0.6 is 0 Å². The number of hydrogen-bond donors (Lipinski definition) is 2. The zero-order valence-electron chi connectivity index (χ0n) is 11.4. The number of nitrogens with one attached hydrogen (secondary N) is 2. The molecule has 0 bridgehead atoms. The van der Waals surface area contributed by atoms with E-state index in [2.05, 4.69) is 10.6 Å². The molecule has 0 saturated carbocycles. The number of amides is 1. The molecule has 0 spiro atoms. The monoisotopic (exact) mass is 264 g/mol. The van der Waals surface area contributed by atoms with Crippen molar-refractivity contribution in [2.75, 3.05) is 25.5 Å². The summed E-state index contributed by atoms with van der Waals surface area (Å²) in [7, 11) is 1.92. The lowest BCUT2D eigenvalue weighted by Crippen LogP contribution is -2.34. The molecule has 2 rings (SSSR count). The lowest BCUT2D eigenvalue weighted by atomic mass is 10.1. The van der Waals surface area contributed by atoms with Crippen molar-refractivity contribution in [3.8, 4) is 5.75 Å². The molecule has 0 saturated heterocycles. The standard InChI is InChI=1S/C14H20N2O3/c1-10-14(17)16-12-8-11(4-5-13(12)19-10)9-18-7-3-6-15-2/h4-5,8,10,15H,3,6-7,9H2,1-2H3,(H,16,17). The van der Waals surface area contributed by atoms with Gasteiger partial charge in [0.2, 0.25) is 0 Å². The van der Waals surface area contributed by atoms with Crippen molar-refractivity contribution >= 4 is 11.6 Å². The number of hydrogen-bond acceptors (Lipinski definition) is 4. The highest BCUT2D eigenvalue weighted by Gasteiger charge is 2.23. The lowest BCUT2D eigenvalue weighted by molar-refractivity contribution is -0.122. The van der Waals surface area contributed by atoms with Crippen molar-refractivity contribution < 1.29 is 14.3 Å². The second kappa shape index (κ2) is 6.54. The Labute approximate surface area is 113 Å². The van der Waals surface area contributed by atoms with E-state index in [1.165, 1.54) is 0 Å². The van der Waals surface area contributed by atoms with Crippen LogP contribution < -0.4 is 15.4 Å². The highest BCUT2D eigenvalue weighted by atomic mass is 16.5. The summed E-state index contributed by atoms with van der Waals surface area (Å²) in [5, 5.41) is 5.90. The van der Waals surface area contributed by atoms with Gasteiger partial charge < -0.3 is 20.1 Å². The first-order valence-electron chi connectivity index (χ1n) is 6.53. The van der Waals surface area contributed by atoms with E-state index in [0.29, 0.717) is 12.4 Å². The Balaban J connectivity index is 1.90. The molecule has 104 valence electrons. The van der Waals surface area contributed by atoms with Crippen molar-refractivity contribution in [3.05, 3.63) is 23.8 Å². The van der Waals surface area contributed by atoms with E-state index in [1.807, 2.05) is 25.2 Å². The Bertz CT molecular complexity index is 448. The smallest absolute Gasteiger partial charge is 0.265 e. The molecule has 1 unspecified atom stereocenters. The third kappa shape index (κ3) is 3.68. The quantitative estimate of drug-likeness (QED) is 0.765. The number of carbonyl (C=O) groups excluding carboxylic acids is 1. The molecule has 1 aromatic rings. The zero-order chi connectivity index (χ0) is 13.7. The van der Waals surface area contributed by atoms with Crippen LogP contribution in [0, 0.1) is 0 Å². The Kier molecular flexibility index (Phi) is 4.76. The molecule has 0 aromatic heterocycles. The van der Waals surface area contributed by atoms with E-state index >= 15 is 0 Å². The largest absolute Gasteiger partial charge is 0.479 e. The van der Waals surface area contributed by atoms with Crippen molar-refractivity contribution in [1.82, 2.24) is 5.32 Å². The highest BCUT2D eigenvalue weighted by Crippen LogP contribution is 2.30. The van der Waals surface area contributed by atoms with Gasteiger partial charge in [0.05, 0.1) is 12.3 Å². The maximum Gasteiger partial charge on any atom is 0.265 e. The fourth-order valence-corrected chi connectivity index (χ4v) is 1.89. The SMILES string of the molecule is CNCCCOCc1ccc2c(c1)NC(=O)C(C)O2. The van der Waals surface area contributed by atoms with Gasteiger partial charge in [-0.25, -0.2) is 0 Å². The molecule has 1 aliphatic heterocycles. The van der Waals surface area contributed by atoms with Gasteiger partial charge in [0.15, 0.2) is 6.10 Å². The van der Waals surface area contributed by atoms with Crippen LogP contribution in [0.2, 0.25) is 0 Å². The molecule has 1 aromatic carbocycles. The van der Waals surface area contributed by atoms with E-state index < -0.39 is 6.10 Å². The number of ether oxygens (including phenoxy) is 2. The summed E-state index contributed by atoms with van der Waals surface area (Å²) in [5.74, 6) is 0.602. The molecule has 5 heteroatoms. The van der Waals surface area contributed by atoms with Crippen LogP contribution in [0.5, 0.6) is 5.75 Å². The number of fused-ring (bicyclic) bond motifs is 1. The Hall–Kier alpha value is -1.59. The van der Waals surface area contributed by atoms with Gasteiger partial charge >= 0.3 is 0 Å². The minimum atomic E-state index is -0.434. The van der Waals surface area contributed by atoms with Gasteiger partial charge in [-0.15, -0.1) is 0 Å². The van der Waals surface area contributed by atoms with Crippen molar-refractivity contribution in [3.63, 3.8) is 0 Å². The molecule has 1 amide bonds. The van der Waals surface area contributed by atoms with Gasteiger partial charge in [-0.1, -0.05) is 6.07 Å². The van der Waals surface area contributed by atoms with Crippen LogP contribution in [0.1, 0.15) is 18.9 Å². The van der Waals surface area contributed by atoms with Crippen LogP contribution in [0.3, 0.4) is 0 Å². The normalized spacial score (nSPS) is 17.6. The summed E-state index contributed by atoms with van der Waals surface area (Å²) in [6.07, 6.45) is 0.551. The summed E-state index contributed by atoms with van der Waals surface area (Å²) in [6.45, 7) is 3.95. The molecule has 2 N–H and O–H groups in total. The second-order valence-electron chi connectivity index (χ2n) is 4.59. The molecular formula is C14H20N2O3. The van der Waals surface area contributed by atoms with E-state index in [9.17, 15) is 4.79 Å². The summed E-state index contributed by atoms with van der Waals surface area (Å²) in [6, 6.07) is 5.73. The Morgan fingerprint density at radius 2 is 2.32 bits per heavy atom. The molecule has 5 nitrogen and oxygen atoms in total. The maximum absolute atomic E-state index is 11.5. The van der Waals surface area contributed by atoms with E-state index in [0.717, 1.165) is 30.8 Å². The summed E-state index contributed by atoms with van der Waals surface area (Å²) >= 11 is 0.